The van der Waals surface area contributed by atoms with Gasteiger partial charge in [0.05, 0.1) is 6.54 Å². The minimum atomic E-state index is -0.933. The van der Waals surface area contributed by atoms with Crippen LogP contribution in [0.5, 0.6) is 0 Å². The summed E-state index contributed by atoms with van der Waals surface area (Å²) >= 11 is 0. The second kappa shape index (κ2) is 11.0. The molecule has 0 saturated carbocycles. The standard InChI is InChI=1S/C27H33N5O5/c1-27(2,3)37-26(35)32-12-4-14-36-22(17-32)25(34)30-21(24(28)33)15-18-5-7-19(8-6-18)20-9-10-23-29-11-13-31(23)16-20/h5-11,13,16,21-22H,4,12,14-15,17H2,1-3H3,(H2,28,33)(H,30,34)/t21-,22-/m0/s1. The van der Waals surface area contributed by atoms with Crippen LogP contribution >= 0.6 is 0 Å². The van der Waals surface area contributed by atoms with E-state index < -0.39 is 35.7 Å². The van der Waals surface area contributed by atoms with Crippen molar-refractivity contribution in [2.75, 3.05) is 19.7 Å². The number of pyridine rings is 1. The maximum absolute atomic E-state index is 13.0. The van der Waals surface area contributed by atoms with Gasteiger partial charge < -0.3 is 29.8 Å². The van der Waals surface area contributed by atoms with Crippen LogP contribution in [0.3, 0.4) is 0 Å². The van der Waals surface area contributed by atoms with Crippen LogP contribution < -0.4 is 11.1 Å². The van der Waals surface area contributed by atoms with Crippen LogP contribution in [-0.4, -0.2) is 69.6 Å². The minimum Gasteiger partial charge on any atom is -0.444 e. The van der Waals surface area contributed by atoms with Gasteiger partial charge in [-0.25, -0.2) is 9.78 Å². The van der Waals surface area contributed by atoms with Crippen molar-refractivity contribution in [2.45, 2.75) is 51.4 Å². The molecule has 10 heteroatoms. The second-order valence-electron chi connectivity index (χ2n) is 10.1. The first kappa shape index (κ1) is 26.2. The third-order valence-electron chi connectivity index (χ3n) is 6.00. The third-order valence-corrected chi connectivity index (χ3v) is 6.00. The number of hydrogen-bond donors (Lipinski definition) is 2. The third kappa shape index (κ3) is 6.85. The first-order valence-electron chi connectivity index (χ1n) is 12.3. The largest absolute Gasteiger partial charge is 0.444 e. The van der Waals surface area contributed by atoms with Gasteiger partial charge in [-0.1, -0.05) is 24.3 Å². The van der Waals surface area contributed by atoms with E-state index in [0.29, 0.717) is 19.6 Å². The topological polar surface area (TPSA) is 128 Å². The van der Waals surface area contributed by atoms with Crippen LogP contribution in [0, 0.1) is 0 Å². The summed E-state index contributed by atoms with van der Waals surface area (Å²) in [6, 6.07) is 10.7. The Hall–Kier alpha value is -3.92. The monoisotopic (exact) mass is 507 g/mol. The summed E-state index contributed by atoms with van der Waals surface area (Å²) in [5.74, 6) is -1.15. The number of ether oxygens (including phenoxy) is 2. The van der Waals surface area contributed by atoms with Crippen LogP contribution in [-0.2, 0) is 25.5 Å². The fourth-order valence-corrected chi connectivity index (χ4v) is 4.12. The number of aromatic nitrogens is 2. The number of benzene rings is 1. The Kier molecular flexibility index (Phi) is 7.77. The molecular formula is C27H33N5O5. The zero-order valence-corrected chi connectivity index (χ0v) is 21.3. The van der Waals surface area contributed by atoms with E-state index in [1.54, 1.807) is 27.0 Å². The van der Waals surface area contributed by atoms with Crippen molar-refractivity contribution in [1.82, 2.24) is 19.6 Å². The molecule has 37 heavy (non-hydrogen) atoms. The summed E-state index contributed by atoms with van der Waals surface area (Å²) in [5.41, 5.74) is 8.70. The zero-order valence-electron chi connectivity index (χ0n) is 21.3. The average molecular weight is 508 g/mol. The van der Waals surface area contributed by atoms with E-state index >= 15 is 0 Å². The first-order chi connectivity index (χ1) is 17.6. The highest BCUT2D eigenvalue weighted by atomic mass is 16.6. The molecule has 3 heterocycles. The van der Waals surface area contributed by atoms with Gasteiger partial charge in [-0.05, 0) is 56.0 Å². The van der Waals surface area contributed by atoms with Crippen molar-refractivity contribution in [2.24, 2.45) is 5.73 Å². The molecule has 4 rings (SSSR count). The van der Waals surface area contributed by atoms with Gasteiger partial charge in [0, 0.05) is 38.2 Å². The normalized spacial score (nSPS) is 17.2. The molecule has 2 atom stereocenters. The molecule has 196 valence electrons. The number of fused-ring (bicyclic) bond motifs is 1. The molecule has 1 aromatic carbocycles. The molecule has 10 nitrogen and oxygen atoms in total. The Morgan fingerprint density at radius 3 is 2.59 bits per heavy atom. The fraction of sp³-hybridized carbons (Fsp3) is 0.407. The second-order valence-corrected chi connectivity index (χ2v) is 10.1. The number of primary amides is 1. The number of rotatable bonds is 6. The molecule has 1 aliphatic heterocycles. The van der Waals surface area contributed by atoms with Crippen molar-refractivity contribution in [3.05, 3.63) is 60.6 Å². The van der Waals surface area contributed by atoms with E-state index in [9.17, 15) is 14.4 Å². The van der Waals surface area contributed by atoms with Gasteiger partial charge in [0.25, 0.3) is 5.91 Å². The van der Waals surface area contributed by atoms with Crippen LogP contribution in [0.2, 0.25) is 0 Å². The van der Waals surface area contributed by atoms with Gasteiger partial charge in [0.1, 0.15) is 17.3 Å². The van der Waals surface area contributed by atoms with Crippen molar-refractivity contribution in [3.63, 3.8) is 0 Å². The predicted molar refractivity (Wildman–Crippen MR) is 138 cm³/mol. The summed E-state index contributed by atoms with van der Waals surface area (Å²) in [6.45, 7) is 6.11. The Morgan fingerprint density at radius 2 is 1.89 bits per heavy atom. The molecule has 1 saturated heterocycles. The highest BCUT2D eigenvalue weighted by Crippen LogP contribution is 2.21. The maximum atomic E-state index is 13.0. The van der Waals surface area contributed by atoms with Crippen molar-refractivity contribution in [3.8, 4) is 11.1 Å². The molecule has 0 aliphatic carbocycles. The summed E-state index contributed by atoms with van der Waals surface area (Å²) in [5, 5.41) is 2.71. The molecule has 3 N–H and O–H groups in total. The predicted octanol–water partition coefficient (Wildman–Crippen LogP) is 2.54. The van der Waals surface area contributed by atoms with Gasteiger partial charge >= 0.3 is 6.09 Å². The number of hydrogen-bond acceptors (Lipinski definition) is 6. The Labute approximate surface area is 215 Å². The molecule has 0 bridgehead atoms. The zero-order chi connectivity index (χ0) is 26.6. The molecule has 0 spiro atoms. The number of imidazole rings is 1. The number of nitrogens with one attached hydrogen (secondary N) is 1. The SMILES string of the molecule is CC(C)(C)OC(=O)N1CCCO[C@H](C(=O)N[C@@H](Cc2ccc(-c3ccc4nccn4c3)cc2)C(N)=O)C1. The van der Waals surface area contributed by atoms with Gasteiger partial charge in [-0.3, -0.25) is 9.59 Å². The molecule has 2 aromatic heterocycles. The Balaban J connectivity index is 1.40. The molecule has 1 aliphatic rings. The number of carbonyl (C=O) groups excluding carboxylic acids is 3. The average Bonchev–Trinajstić information content (AvgIpc) is 3.17. The number of nitrogens with two attached hydrogens (primary N) is 1. The van der Waals surface area contributed by atoms with E-state index in [0.717, 1.165) is 22.3 Å². The smallest absolute Gasteiger partial charge is 0.410 e. The van der Waals surface area contributed by atoms with Gasteiger partial charge in [-0.2, -0.15) is 0 Å². The highest BCUT2D eigenvalue weighted by molar-refractivity contribution is 5.89. The van der Waals surface area contributed by atoms with Crippen LogP contribution in [0.4, 0.5) is 4.79 Å². The lowest BCUT2D eigenvalue weighted by molar-refractivity contribution is -0.136. The molecule has 1 fully saturated rings. The lowest BCUT2D eigenvalue weighted by atomic mass is 10.0. The summed E-state index contributed by atoms with van der Waals surface area (Å²) in [4.78, 5) is 43.4. The van der Waals surface area contributed by atoms with E-state index in [1.165, 1.54) is 4.90 Å². The number of amides is 3. The summed E-state index contributed by atoms with van der Waals surface area (Å²) in [6.07, 6.45) is 4.99. The number of carbonyl (C=O) groups is 3. The quantitative estimate of drug-likeness (QED) is 0.528. The van der Waals surface area contributed by atoms with Gasteiger partial charge in [0.2, 0.25) is 5.91 Å². The minimum absolute atomic E-state index is 0.0299. The number of nitrogens with zero attached hydrogens (tertiary/aromatic N) is 3. The summed E-state index contributed by atoms with van der Waals surface area (Å²) in [7, 11) is 0. The van der Waals surface area contributed by atoms with E-state index in [4.69, 9.17) is 15.2 Å². The van der Waals surface area contributed by atoms with Crippen LogP contribution in [0.25, 0.3) is 16.8 Å². The highest BCUT2D eigenvalue weighted by Gasteiger charge is 2.32. The first-order valence-corrected chi connectivity index (χ1v) is 12.3. The van der Waals surface area contributed by atoms with E-state index in [1.807, 2.05) is 53.2 Å². The molecule has 0 unspecified atom stereocenters. The Bertz CT molecular complexity index is 1260. The van der Waals surface area contributed by atoms with Gasteiger partial charge in [-0.15, -0.1) is 0 Å². The molecule has 3 amide bonds. The summed E-state index contributed by atoms with van der Waals surface area (Å²) < 4.78 is 13.1. The maximum Gasteiger partial charge on any atom is 0.410 e. The lowest BCUT2D eigenvalue weighted by Crippen LogP contribution is -2.52. The fourth-order valence-electron chi connectivity index (χ4n) is 4.12. The van der Waals surface area contributed by atoms with Gasteiger partial charge in [0.15, 0.2) is 6.10 Å². The van der Waals surface area contributed by atoms with Crippen LogP contribution in [0.15, 0.2) is 55.0 Å². The van der Waals surface area contributed by atoms with Crippen molar-refractivity contribution < 1.29 is 23.9 Å². The Morgan fingerprint density at radius 1 is 1.16 bits per heavy atom. The molecular weight excluding hydrogens is 474 g/mol. The van der Waals surface area contributed by atoms with E-state index in [-0.39, 0.29) is 13.0 Å². The van der Waals surface area contributed by atoms with Crippen LogP contribution in [0.1, 0.15) is 32.8 Å². The van der Waals surface area contributed by atoms with Crippen molar-refractivity contribution >= 4 is 23.6 Å². The van der Waals surface area contributed by atoms with E-state index in [2.05, 4.69) is 10.3 Å². The lowest BCUT2D eigenvalue weighted by Gasteiger charge is -2.28. The molecule has 0 radical (unpaired) electrons. The molecule has 3 aromatic rings. The van der Waals surface area contributed by atoms with Crippen molar-refractivity contribution in [1.29, 1.82) is 0 Å².